The third-order valence-corrected chi connectivity index (χ3v) is 3.52. The van der Waals surface area contributed by atoms with E-state index < -0.39 is 10.7 Å². The molecule has 0 saturated carbocycles. The molecule has 2 rings (SSSR count). The van der Waals surface area contributed by atoms with E-state index in [9.17, 15) is 14.5 Å². The summed E-state index contributed by atoms with van der Waals surface area (Å²) in [5.74, 6) is -0.000216. The topological polar surface area (TPSA) is 52.4 Å². The fourth-order valence-electron chi connectivity index (χ4n) is 1.40. The summed E-state index contributed by atoms with van der Waals surface area (Å²) in [6.45, 7) is 0. The molecule has 7 heteroatoms. The monoisotopic (exact) mass is 437 g/mol. The standard InChI is InChI=1S/C12H6BrFINO3/c13-9-5-7(14)1-3-11(9)19-12-4-2-8(15)6-10(12)16(17)18/h1-6H. The van der Waals surface area contributed by atoms with Crippen LogP contribution in [-0.4, -0.2) is 4.92 Å². The quantitative estimate of drug-likeness (QED) is 0.390. The van der Waals surface area contributed by atoms with Crippen LogP contribution in [0.4, 0.5) is 10.1 Å². The van der Waals surface area contributed by atoms with Gasteiger partial charge >= 0.3 is 5.69 Å². The minimum Gasteiger partial charge on any atom is -0.449 e. The molecule has 0 aliphatic heterocycles. The summed E-state index contributed by atoms with van der Waals surface area (Å²) < 4.78 is 19.5. The average Bonchev–Trinajstić information content (AvgIpc) is 2.34. The molecule has 0 amide bonds. The zero-order chi connectivity index (χ0) is 14.0. The highest BCUT2D eigenvalue weighted by atomic mass is 127. The Balaban J connectivity index is 2.40. The molecule has 98 valence electrons. The summed E-state index contributed by atoms with van der Waals surface area (Å²) in [4.78, 5) is 10.4. The number of nitrogens with zero attached hydrogens (tertiary/aromatic N) is 1. The molecule has 2 aromatic carbocycles. The van der Waals surface area contributed by atoms with Crippen molar-refractivity contribution in [2.75, 3.05) is 0 Å². The molecule has 2 aromatic rings. The van der Waals surface area contributed by atoms with Crippen molar-refractivity contribution in [2.24, 2.45) is 0 Å². The van der Waals surface area contributed by atoms with Crippen LogP contribution in [-0.2, 0) is 0 Å². The third kappa shape index (κ3) is 3.41. The zero-order valence-electron chi connectivity index (χ0n) is 9.27. The normalized spacial score (nSPS) is 10.3. The lowest BCUT2D eigenvalue weighted by molar-refractivity contribution is -0.385. The van der Waals surface area contributed by atoms with Crippen LogP contribution in [0, 0.1) is 19.5 Å². The first kappa shape index (κ1) is 14.2. The van der Waals surface area contributed by atoms with E-state index in [0.717, 1.165) is 3.57 Å². The number of hydrogen-bond donors (Lipinski definition) is 0. The van der Waals surface area contributed by atoms with Gasteiger partial charge < -0.3 is 4.74 Å². The van der Waals surface area contributed by atoms with E-state index in [-0.39, 0.29) is 11.4 Å². The van der Waals surface area contributed by atoms with Gasteiger partial charge in [0.15, 0.2) is 0 Å². The van der Waals surface area contributed by atoms with Crippen molar-refractivity contribution in [2.45, 2.75) is 0 Å². The average molecular weight is 438 g/mol. The Morgan fingerprint density at radius 2 is 1.89 bits per heavy atom. The van der Waals surface area contributed by atoms with Crippen molar-refractivity contribution in [3.8, 4) is 11.5 Å². The molecule has 0 spiro atoms. The number of nitro benzene ring substituents is 1. The summed E-state index contributed by atoms with van der Waals surface area (Å²) in [6, 6.07) is 8.47. The molecule has 0 bridgehead atoms. The van der Waals surface area contributed by atoms with Crippen molar-refractivity contribution in [1.29, 1.82) is 0 Å². The SMILES string of the molecule is O=[N+]([O-])c1cc(I)ccc1Oc1ccc(F)cc1Br. The molecule has 0 aliphatic rings. The van der Waals surface area contributed by atoms with Crippen LogP contribution in [0.1, 0.15) is 0 Å². The molecule has 0 saturated heterocycles. The lowest BCUT2D eigenvalue weighted by atomic mass is 10.3. The first-order chi connectivity index (χ1) is 8.97. The van der Waals surface area contributed by atoms with E-state index in [4.69, 9.17) is 4.74 Å². The summed E-state index contributed by atoms with van der Waals surface area (Å²) in [5, 5.41) is 11.0. The highest BCUT2D eigenvalue weighted by Crippen LogP contribution is 2.35. The van der Waals surface area contributed by atoms with Crippen LogP contribution in [0.15, 0.2) is 40.9 Å². The van der Waals surface area contributed by atoms with E-state index in [2.05, 4.69) is 15.9 Å². The molecule has 0 aromatic heterocycles. The molecule has 19 heavy (non-hydrogen) atoms. The van der Waals surface area contributed by atoms with Crippen molar-refractivity contribution in [3.05, 3.63) is 60.4 Å². The first-order valence-electron chi connectivity index (χ1n) is 5.04. The van der Waals surface area contributed by atoms with Crippen molar-refractivity contribution in [3.63, 3.8) is 0 Å². The van der Waals surface area contributed by atoms with Gasteiger partial charge in [-0.2, -0.15) is 0 Å². The Hall–Kier alpha value is -1.22. The second-order valence-corrected chi connectivity index (χ2v) is 5.65. The van der Waals surface area contributed by atoms with Crippen LogP contribution in [0.3, 0.4) is 0 Å². The predicted molar refractivity (Wildman–Crippen MR) is 80.0 cm³/mol. The smallest absolute Gasteiger partial charge is 0.312 e. The van der Waals surface area contributed by atoms with E-state index in [1.54, 1.807) is 6.07 Å². The van der Waals surface area contributed by atoms with Crippen LogP contribution in [0.2, 0.25) is 0 Å². The van der Waals surface area contributed by atoms with Gasteiger partial charge in [-0.3, -0.25) is 10.1 Å². The summed E-state index contributed by atoms with van der Waals surface area (Å²) in [6.07, 6.45) is 0. The molecule has 0 heterocycles. The number of ether oxygens (including phenoxy) is 1. The molecule has 0 unspecified atom stereocenters. The summed E-state index contributed by atoms with van der Waals surface area (Å²) in [5.41, 5.74) is -0.136. The van der Waals surface area contributed by atoms with Gasteiger partial charge in [-0.25, -0.2) is 4.39 Å². The number of rotatable bonds is 3. The minimum atomic E-state index is -0.519. The van der Waals surface area contributed by atoms with Crippen LogP contribution >= 0.6 is 38.5 Å². The van der Waals surface area contributed by atoms with Gasteiger partial charge in [0.1, 0.15) is 11.6 Å². The number of nitro groups is 1. The van der Waals surface area contributed by atoms with Crippen molar-refractivity contribution >= 4 is 44.2 Å². The Morgan fingerprint density at radius 3 is 2.53 bits per heavy atom. The van der Waals surface area contributed by atoms with E-state index in [1.807, 2.05) is 22.6 Å². The number of benzene rings is 2. The molecule has 0 fully saturated rings. The summed E-state index contributed by atoms with van der Waals surface area (Å²) in [7, 11) is 0. The van der Waals surface area contributed by atoms with Gasteiger partial charge in [-0.1, -0.05) is 0 Å². The van der Waals surface area contributed by atoms with E-state index >= 15 is 0 Å². The van der Waals surface area contributed by atoms with Gasteiger partial charge in [0.05, 0.1) is 9.40 Å². The first-order valence-corrected chi connectivity index (χ1v) is 6.91. The van der Waals surface area contributed by atoms with Crippen LogP contribution < -0.4 is 4.74 Å². The molecule has 0 aliphatic carbocycles. The minimum absolute atomic E-state index is 0.109. The van der Waals surface area contributed by atoms with Crippen molar-refractivity contribution < 1.29 is 14.1 Å². The van der Waals surface area contributed by atoms with Gasteiger partial charge in [-0.15, -0.1) is 0 Å². The fourth-order valence-corrected chi connectivity index (χ4v) is 2.30. The predicted octanol–water partition coefficient (Wildman–Crippen LogP) is 4.89. The Morgan fingerprint density at radius 1 is 1.21 bits per heavy atom. The van der Waals surface area contributed by atoms with E-state index in [0.29, 0.717) is 10.2 Å². The number of hydrogen-bond acceptors (Lipinski definition) is 3. The lowest BCUT2D eigenvalue weighted by Gasteiger charge is -2.08. The Bertz CT molecular complexity index is 651. The molecule has 0 radical (unpaired) electrons. The summed E-state index contributed by atoms with van der Waals surface area (Å²) >= 11 is 5.12. The maximum absolute atomic E-state index is 13.0. The maximum Gasteiger partial charge on any atom is 0.312 e. The van der Waals surface area contributed by atoms with Crippen molar-refractivity contribution in [1.82, 2.24) is 0 Å². The fraction of sp³-hybridized carbons (Fsp3) is 0. The number of halogens is 3. The highest BCUT2D eigenvalue weighted by Gasteiger charge is 2.17. The Labute approximate surface area is 130 Å². The van der Waals surface area contributed by atoms with E-state index in [1.165, 1.54) is 30.3 Å². The van der Waals surface area contributed by atoms with Gasteiger partial charge in [0.2, 0.25) is 5.75 Å². The largest absolute Gasteiger partial charge is 0.449 e. The van der Waals surface area contributed by atoms with Gasteiger partial charge in [-0.05, 0) is 68.9 Å². The molecule has 0 N–H and O–H groups in total. The van der Waals surface area contributed by atoms with Gasteiger partial charge in [0, 0.05) is 9.64 Å². The highest BCUT2D eigenvalue weighted by molar-refractivity contribution is 14.1. The molecule has 0 atom stereocenters. The molecular weight excluding hydrogens is 432 g/mol. The van der Waals surface area contributed by atoms with Crippen LogP contribution in [0.25, 0.3) is 0 Å². The van der Waals surface area contributed by atoms with Crippen LogP contribution in [0.5, 0.6) is 11.5 Å². The second-order valence-electron chi connectivity index (χ2n) is 3.55. The Kier molecular flexibility index (Phi) is 4.35. The zero-order valence-corrected chi connectivity index (χ0v) is 13.0. The second kappa shape index (κ2) is 5.83. The molecular formula is C12H6BrFINO3. The molecule has 4 nitrogen and oxygen atoms in total. The van der Waals surface area contributed by atoms with Gasteiger partial charge in [0.25, 0.3) is 0 Å². The third-order valence-electron chi connectivity index (χ3n) is 2.23. The maximum atomic E-state index is 13.0. The lowest BCUT2D eigenvalue weighted by Crippen LogP contribution is -1.94.